The molecular formula is C9H15NO2S. The van der Waals surface area contributed by atoms with Crippen LogP contribution in [0.2, 0.25) is 0 Å². The van der Waals surface area contributed by atoms with E-state index in [-0.39, 0.29) is 11.0 Å². The average molecular weight is 201 g/mol. The van der Waals surface area contributed by atoms with Gasteiger partial charge in [0, 0.05) is 19.4 Å². The van der Waals surface area contributed by atoms with Gasteiger partial charge in [-0.2, -0.15) is 0 Å². The Balaban J connectivity index is 2.81. The van der Waals surface area contributed by atoms with Crippen molar-refractivity contribution in [2.75, 3.05) is 0 Å². The van der Waals surface area contributed by atoms with Crippen molar-refractivity contribution in [3.8, 4) is 0 Å². The number of hydrogen-bond donors (Lipinski definition) is 0. The molecule has 0 atom stereocenters. The smallest absolute Gasteiger partial charge is 0.156 e. The zero-order valence-corrected chi connectivity index (χ0v) is 9.00. The molecule has 0 bridgehead atoms. The van der Waals surface area contributed by atoms with E-state index >= 15 is 0 Å². The van der Waals surface area contributed by atoms with Crippen molar-refractivity contribution in [3.05, 3.63) is 24.0 Å². The normalized spacial score (nSPS) is 12.3. The summed E-state index contributed by atoms with van der Waals surface area (Å²) in [5, 5.41) is -0.298. The van der Waals surface area contributed by atoms with Gasteiger partial charge in [-0.1, -0.05) is 0 Å². The van der Waals surface area contributed by atoms with Crippen molar-refractivity contribution in [1.82, 2.24) is 4.57 Å². The number of sulfone groups is 1. The van der Waals surface area contributed by atoms with Crippen molar-refractivity contribution in [2.45, 2.75) is 24.9 Å². The predicted molar refractivity (Wildman–Crippen MR) is 53.2 cm³/mol. The fourth-order valence-electron chi connectivity index (χ4n) is 1.05. The van der Waals surface area contributed by atoms with Gasteiger partial charge < -0.3 is 4.57 Å². The SMILES string of the molecule is CC(C)S(=O)(=O)Cc1ccn(C)c1. The van der Waals surface area contributed by atoms with Crippen LogP contribution >= 0.6 is 0 Å². The lowest BCUT2D eigenvalue weighted by atomic mass is 10.4. The van der Waals surface area contributed by atoms with E-state index in [1.165, 1.54) is 0 Å². The minimum absolute atomic E-state index is 0.144. The van der Waals surface area contributed by atoms with E-state index in [2.05, 4.69) is 0 Å². The third kappa shape index (κ3) is 2.59. The molecule has 0 spiro atoms. The zero-order valence-electron chi connectivity index (χ0n) is 8.19. The topological polar surface area (TPSA) is 39.1 Å². The summed E-state index contributed by atoms with van der Waals surface area (Å²) < 4.78 is 24.9. The van der Waals surface area contributed by atoms with Gasteiger partial charge >= 0.3 is 0 Å². The molecule has 1 aromatic heterocycles. The second kappa shape index (κ2) is 3.54. The highest BCUT2D eigenvalue weighted by Gasteiger charge is 2.16. The molecule has 0 amide bonds. The third-order valence-corrected chi connectivity index (χ3v) is 4.15. The van der Waals surface area contributed by atoms with Crippen LogP contribution in [0.25, 0.3) is 0 Å². The quantitative estimate of drug-likeness (QED) is 0.740. The van der Waals surface area contributed by atoms with Crippen LogP contribution in [0.3, 0.4) is 0 Å². The lowest BCUT2D eigenvalue weighted by Gasteiger charge is -2.05. The highest BCUT2D eigenvalue weighted by Crippen LogP contribution is 2.10. The maximum atomic E-state index is 11.5. The standard InChI is InChI=1S/C9H15NO2S/c1-8(2)13(11,12)7-9-4-5-10(3)6-9/h4-6,8H,7H2,1-3H3. The van der Waals surface area contributed by atoms with Crippen LogP contribution in [0, 0.1) is 0 Å². The van der Waals surface area contributed by atoms with Gasteiger partial charge in [0.15, 0.2) is 9.84 Å². The highest BCUT2D eigenvalue weighted by molar-refractivity contribution is 7.91. The summed E-state index contributed by atoms with van der Waals surface area (Å²) in [5.41, 5.74) is 0.858. The Hall–Kier alpha value is -0.770. The number of hydrogen-bond acceptors (Lipinski definition) is 2. The predicted octanol–water partition coefficient (Wildman–Crippen LogP) is 1.35. The van der Waals surface area contributed by atoms with Crippen molar-refractivity contribution in [1.29, 1.82) is 0 Å². The first-order valence-corrected chi connectivity index (χ1v) is 5.96. The molecule has 0 aromatic carbocycles. The van der Waals surface area contributed by atoms with Crippen LogP contribution in [0.15, 0.2) is 18.5 Å². The molecule has 0 aliphatic carbocycles. The first kappa shape index (κ1) is 10.3. The Kier molecular flexibility index (Phi) is 2.81. The summed E-state index contributed by atoms with van der Waals surface area (Å²) in [5.74, 6) is 0.144. The molecule has 0 N–H and O–H groups in total. The lowest BCUT2D eigenvalue weighted by molar-refractivity contribution is 0.586. The summed E-state index contributed by atoms with van der Waals surface area (Å²) in [7, 11) is -1.07. The monoisotopic (exact) mass is 201 g/mol. The third-order valence-electron chi connectivity index (χ3n) is 1.98. The summed E-state index contributed by atoms with van der Waals surface area (Å²) in [6, 6.07) is 1.83. The van der Waals surface area contributed by atoms with Gasteiger partial charge in [0.25, 0.3) is 0 Å². The maximum absolute atomic E-state index is 11.5. The van der Waals surface area contributed by atoms with Gasteiger partial charge in [-0.15, -0.1) is 0 Å². The minimum Gasteiger partial charge on any atom is -0.357 e. The van der Waals surface area contributed by atoms with Crippen LogP contribution in [-0.2, 0) is 22.6 Å². The van der Waals surface area contributed by atoms with E-state index in [0.29, 0.717) is 0 Å². The van der Waals surface area contributed by atoms with Crippen LogP contribution in [0.4, 0.5) is 0 Å². The van der Waals surface area contributed by atoms with Crippen LogP contribution in [-0.4, -0.2) is 18.2 Å². The number of aromatic nitrogens is 1. The molecule has 0 saturated carbocycles. The van der Waals surface area contributed by atoms with Crippen molar-refractivity contribution >= 4 is 9.84 Å². The summed E-state index contributed by atoms with van der Waals surface area (Å²) in [6.45, 7) is 3.41. The molecule has 74 valence electrons. The largest absolute Gasteiger partial charge is 0.357 e. The summed E-state index contributed by atoms with van der Waals surface area (Å²) in [4.78, 5) is 0. The van der Waals surface area contributed by atoms with Crippen LogP contribution < -0.4 is 0 Å². The first-order valence-electron chi connectivity index (χ1n) is 4.24. The molecule has 1 aromatic rings. The van der Waals surface area contributed by atoms with Gasteiger partial charge in [-0.05, 0) is 25.5 Å². The Bertz CT molecular complexity index is 376. The molecule has 0 radical (unpaired) electrons. The zero-order chi connectivity index (χ0) is 10.1. The summed E-state index contributed by atoms with van der Waals surface area (Å²) >= 11 is 0. The van der Waals surface area contributed by atoms with Gasteiger partial charge in [-0.25, -0.2) is 8.42 Å². The van der Waals surface area contributed by atoms with Crippen LogP contribution in [0.5, 0.6) is 0 Å². The van der Waals surface area contributed by atoms with Crippen molar-refractivity contribution in [2.24, 2.45) is 7.05 Å². The number of nitrogens with zero attached hydrogens (tertiary/aromatic N) is 1. The fourth-order valence-corrected chi connectivity index (χ4v) is 2.01. The molecule has 0 saturated heterocycles. The minimum atomic E-state index is -2.95. The molecule has 0 unspecified atom stereocenters. The van der Waals surface area contributed by atoms with Crippen molar-refractivity contribution < 1.29 is 8.42 Å². The molecule has 0 aliphatic heterocycles. The number of aryl methyl sites for hydroxylation is 1. The molecule has 3 nitrogen and oxygen atoms in total. The molecular weight excluding hydrogens is 186 g/mol. The molecule has 4 heteroatoms. The van der Waals surface area contributed by atoms with E-state index in [4.69, 9.17) is 0 Å². The Labute approximate surface area is 79.3 Å². The lowest BCUT2D eigenvalue weighted by Crippen LogP contribution is -2.15. The van der Waals surface area contributed by atoms with E-state index in [9.17, 15) is 8.42 Å². The van der Waals surface area contributed by atoms with Gasteiger partial charge in [0.1, 0.15) is 0 Å². The highest BCUT2D eigenvalue weighted by atomic mass is 32.2. The molecule has 0 fully saturated rings. The Morgan fingerprint density at radius 1 is 1.46 bits per heavy atom. The molecule has 1 rings (SSSR count). The average Bonchev–Trinajstić information content (AvgIpc) is 2.34. The second-order valence-electron chi connectivity index (χ2n) is 3.54. The second-order valence-corrected chi connectivity index (χ2v) is 6.10. The molecule has 1 heterocycles. The Morgan fingerprint density at radius 3 is 2.46 bits per heavy atom. The molecule has 13 heavy (non-hydrogen) atoms. The molecule has 0 aliphatic rings. The van der Waals surface area contributed by atoms with E-state index in [0.717, 1.165) is 5.56 Å². The fraction of sp³-hybridized carbons (Fsp3) is 0.556. The van der Waals surface area contributed by atoms with E-state index < -0.39 is 9.84 Å². The maximum Gasteiger partial charge on any atom is 0.156 e. The van der Waals surface area contributed by atoms with E-state index in [1.54, 1.807) is 13.8 Å². The van der Waals surface area contributed by atoms with Gasteiger partial charge in [0.05, 0.1) is 11.0 Å². The van der Waals surface area contributed by atoms with Gasteiger partial charge in [0.2, 0.25) is 0 Å². The van der Waals surface area contributed by atoms with Crippen LogP contribution in [0.1, 0.15) is 19.4 Å². The first-order chi connectivity index (χ1) is 5.92. The Morgan fingerprint density at radius 2 is 2.08 bits per heavy atom. The van der Waals surface area contributed by atoms with Gasteiger partial charge in [-0.3, -0.25) is 0 Å². The van der Waals surface area contributed by atoms with Crippen molar-refractivity contribution in [3.63, 3.8) is 0 Å². The summed E-state index contributed by atoms with van der Waals surface area (Å²) in [6.07, 6.45) is 3.69. The number of rotatable bonds is 3. The van der Waals surface area contributed by atoms with E-state index in [1.807, 2.05) is 30.1 Å².